The number of para-hydroxylation sites is 1. The number of esters is 1. The van der Waals surface area contributed by atoms with Gasteiger partial charge in [0.25, 0.3) is 0 Å². The summed E-state index contributed by atoms with van der Waals surface area (Å²) in [6.07, 6.45) is 0. The maximum absolute atomic E-state index is 12.0. The summed E-state index contributed by atoms with van der Waals surface area (Å²) >= 11 is 0. The molecule has 98 valence electrons. The van der Waals surface area contributed by atoms with Crippen molar-refractivity contribution in [2.75, 3.05) is 19.8 Å². The number of carbonyl (C=O) groups is 1. The topological polar surface area (TPSA) is 44.8 Å². The highest BCUT2D eigenvalue weighted by Crippen LogP contribution is 2.34. The summed E-state index contributed by atoms with van der Waals surface area (Å²) in [6, 6.07) is 5.24. The van der Waals surface area contributed by atoms with Crippen molar-refractivity contribution in [1.82, 2.24) is 0 Å². The van der Waals surface area contributed by atoms with Crippen LogP contribution in [0.1, 0.15) is 31.1 Å². The molecule has 1 aliphatic rings. The van der Waals surface area contributed by atoms with E-state index in [0.29, 0.717) is 36.9 Å². The van der Waals surface area contributed by atoms with Crippen LogP contribution < -0.4 is 9.47 Å². The lowest BCUT2D eigenvalue weighted by atomic mass is 9.99. The van der Waals surface area contributed by atoms with Crippen molar-refractivity contribution in [2.24, 2.45) is 5.41 Å². The molecule has 0 amide bonds. The monoisotopic (exact) mass is 250 g/mol. The third-order valence-electron chi connectivity index (χ3n) is 2.42. The summed E-state index contributed by atoms with van der Waals surface area (Å²) in [5, 5.41) is 0. The Kier molecular flexibility index (Phi) is 3.45. The predicted octanol–water partition coefficient (Wildman–Crippen LogP) is 2.66. The zero-order chi connectivity index (χ0) is 13.2. The number of hydrogen-bond donors (Lipinski definition) is 0. The van der Waals surface area contributed by atoms with Crippen molar-refractivity contribution < 1.29 is 19.0 Å². The third kappa shape index (κ3) is 2.94. The molecule has 0 unspecified atom stereocenters. The largest absolute Gasteiger partial charge is 0.486 e. The molecule has 0 spiro atoms. The molecular formula is C14H18O4. The maximum Gasteiger partial charge on any atom is 0.342 e. The van der Waals surface area contributed by atoms with Gasteiger partial charge in [-0.3, -0.25) is 0 Å². The molecule has 18 heavy (non-hydrogen) atoms. The van der Waals surface area contributed by atoms with Crippen LogP contribution >= 0.6 is 0 Å². The van der Waals surface area contributed by atoms with Gasteiger partial charge >= 0.3 is 5.97 Å². The van der Waals surface area contributed by atoms with Gasteiger partial charge in [-0.25, -0.2) is 4.79 Å². The molecule has 1 aromatic carbocycles. The Morgan fingerprint density at radius 1 is 1.28 bits per heavy atom. The summed E-state index contributed by atoms with van der Waals surface area (Å²) < 4.78 is 16.2. The lowest BCUT2D eigenvalue weighted by molar-refractivity contribution is 0.0358. The Morgan fingerprint density at radius 2 is 2.00 bits per heavy atom. The third-order valence-corrected chi connectivity index (χ3v) is 2.42. The summed E-state index contributed by atoms with van der Waals surface area (Å²) in [6.45, 7) is 7.38. The van der Waals surface area contributed by atoms with Crippen molar-refractivity contribution in [3.8, 4) is 11.5 Å². The number of fused-ring (bicyclic) bond motifs is 1. The standard InChI is InChI=1S/C14H18O4/c1-14(2,3)9-18-13(15)10-5-4-6-11-12(10)17-8-7-16-11/h4-6H,7-9H2,1-3H3. The number of rotatable bonds is 2. The lowest BCUT2D eigenvalue weighted by Gasteiger charge is -2.21. The second kappa shape index (κ2) is 4.88. The smallest absolute Gasteiger partial charge is 0.342 e. The van der Waals surface area contributed by atoms with E-state index < -0.39 is 0 Å². The average molecular weight is 250 g/mol. The first-order valence-electron chi connectivity index (χ1n) is 6.03. The first kappa shape index (κ1) is 12.7. The number of hydrogen-bond acceptors (Lipinski definition) is 4. The van der Waals surface area contributed by atoms with Gasteiger partial charge < -0.3 is 14.2 Å². The molecule has 0 fully saturated rings. The molecule has 0 atom stereocenters. The van der Waals surface area contributed by atoms with Gasteiger partial charge in [0.2, 0.25) is 0 Å². The maximum atomic E-state index is 12.0. The Morgan fingerprint density at radius 3 is 2.72 bits per heavy atom. The van der Waals surface area contributed by atoms with Crippen molar-refractivity contribution in [3.63, 3.8) is 0 Å². The van der Waals surface area contributed by atoms with E-state index in [0.717, 1.165) is 0 Å². The highest BCUT2D eigenvalue weighted by atomic mass is 16.6. The van der Waals surface area contributed by atoms with Gasteiger partial charge in [-0.1, -0.05) is 26.8 Å². The molecule has 0 aliphatic carbocycles. The fourth-order valence-electron chi connectivity index (χ4n) is 1.59. The van der Waals surface area contributed by atoms with Gasteiger partial charge in [0.05, 0.1) is 6.61 Å². The van der Waals surface area contributed by atoms with Crippen molar-refractivity contribution in [1.29, 1.82) is 0 Å². The summed E-state index contributed by atoms with van der Waals surface area (Å²) in [7, 11) is 0. The molecule has 0 bridgehead atoms. The van der Waals surface area contributed by atoms with Crippen LogP contribution in [0.2, 0.25) is 0 Å². The second-order valence-electron chi connectivity index (χ2n) is 5.47. The van der Waals surface area contributed by atoms with Crippen LogP contribution in [0.25, 0.3) is 0 Å². The van der Waals surface area contributed by atoms with E-state index >= 15 is 0 Å². The molecule has 0 aromatic heterocycles. The van der Waals surface area contributed by atoms with Gasteiger partial charge in [0, 0.05) is 0 Å². The van der Waals surface area contributed by atoms with Crippen LogP contribution in [0.4, 0.5) is 0 Å². The van der Waals surface area contributed by atoms with Gasteiger partial charge in [-0.2, -0.15) is 0 Å². The van der Waals surface area contributed by atoms with E-state index in [4.69, 9.17) is 14.2 Å². The minimum Gasteiger partial charge on any atom is -0.486 e. The summed E-state index contributed by atoms with van der Waals surface area (Å²) in [5.74, 6) is 0.724. The van der Waals surface area contributed by atoms with Crippen LogP contribution in [-0.4, -0.2) is 25.8 Å². The van der Waals surface area contributed by atoms with E-state index in [-0.39, 0.29) is 11.4 Å². The molecule has 1 heterocycles. The van der Waals surface area contributed by atoms with Crippen LogP contribution in [-0.2, 0) is 4.74 Å². The highest BCUT2D eigenvalue weighted by molar-refractivity contribution is 5.93. The Balaban J connectivity index is 2.15. The van der Waals surface area contributed by atoms with Crippen molar-refractivity contribution >= 4 is 5.97 Å². The van der Waals surface area contributed by atoms with Crippen LogP contribution in [0.3, 0.4) is 0 Å². The van der Waals surface area contributed by atoms with Crippen molar-refractivity contribution in [2.45, 2.75) is 20.8 Å². The molecule has 1 aromatic rings. The van der Waals surface area contributed by atoms with Crippen LogP contribution in [0, 0.1) is 5.41 Å². The molecule has 0 N–H and O–H groups in total. The molecule has 0 radical (unpaired) electrons. The van der Waals surface area contributed by atoms with Gasteiger partial charge in [-0.05, 0) is 17.5 Å². The fourth-order valence-corrected chi connectivity index (χ4v) is 1.59. The Labute approximate surface area is 107 Å². The van der Waals surface area contributed by atoms with E-state index in [1.807, 2.05) is 20.8 Å². The molecule has 0 saturated carbocycles. The zero-order valence-electron chi connectivity index (χ0n) is 11.0. The number of carbonyl (C=O) groups excluding carboxylic acids is 1. The first-order chi connectivity index (χ1) is 8.47. The van der Waals surface area contributed by atoms with E-state index in [1.54, 1.807) is 18.2 Å². The predicted molar refractivity (Wildman–Crippen MR) is 67.2 cm³/mol. The molecule has 0 saturated heterocycles. The average Bonchev–Trinajstić information content (AvgIpc) is 2.34. The molecule has 1 aliphatic heterocycles. The quantitative estimate of drug-likeness (QED) is 0.757. The van der Waals surface area contributed by atoms with Crippen molar-refractivity contribution in [3.05, 3.63) is 23.8 Å². The number of benzene rings is 1. The Hall–Kier alpha value is -1.71. The van der Waals surface area contributed by atoms with Gasteiger partial charge in [0.15, 0.2) is 11.5 Å². The lowest BCUT2D eigenvalue weighted by Crippen LogP contribution is -2.21. The Bertz CT molecular complexity index is 446. The van der Waals surface area contributed by atoms with Crippen LogP contribution in [0.15, 0.2) is 18.2 Å². The van der Waals surface area contributed by atoms with E-state index in [9.17, 15) is 4.79 Å². The van der Waals surface area contributed by atoms with E-state index in [2.05, 4.69) is 0 Å². The minimum atomic E-state index is -0.368. The number of ether oxygens (including phenoxy) is 3. The molecule has 4 nitrogen and oxygen atoms in total. The SMILES string of the molecule is CC(C)(C)COC(=O)c1cccc2c1OCCO2. The normalized spacial score (nSPS) is 14.2. The van der Waals surface area contributed by atoms with Gasteiger partial charge in [0.1, 0.15) is 18.8 Å². The molecule has 2 rings (SSSR count). The summed E-state index contributed by atoms with van der Waals surface area (Å²) in [4.78, 5) is 12.0. The highest BCUT2D eigenvalue weighted by Gasteiger charge is 2.22. The first-order valence-corrected chi connectivity index (χ1v) is 6.03. The second-order valence-corrected chi connectivity index (χ2v) is 5.47. The molecule has 4 heteroatoms. The zero-order valence-corrected chi connectivity index (χ0v) is 11.0. The molecular weight excluding hydrogens is 232 g/mol. The summed E-state index contributed by atoms with van der Waals surface area (Å²) in [5.41, 5.74) is 0.374. The van der Waals surface area contributed by atoms with E-state index in [1.165, 1.54) is 0 Å². The fraction of sp³-hybridized carbons (Fsp3) is 0.500. The van der Waals surface area contributed by atoms with Gasteiger partial charge in [-0.15, -0.1) is 0 Å². The van der Waals surface area contributed by atoms with Crippen LogP contribution in [0.5, 0.6) is 11.5 Å². The minimum absolute atomic E-state index is 0.0537.